The van der Waals surface area contributed by atoms with E-state index in [9.17, 15) is 4.39 Å². The first-order chi connectivity index (χ1) is 7.65. The summed E-state index contributed by atoms with van der Waals surface area (Å²) in [5.41, 5.74) is 0.905. The molecule has 1 aromatic carbocycles. The third kappa shape index (κ3) is 2.58. The summed E-state index contributed by atoms with van der Waals surface area (Å²) < 4.78 is 19.2. The van der Waals surface area contributed by atoms with Gasteiger partial charge in [-0.3, -0.25) is 0 Å². The molecule has 0 unspecified atom stereocenters. The van der Waals surface area contributed by atoms with Gasteiger partial charge in [-0.15, -0.1) is 0 Å². The van der Waals surface area contributed by atoms with E-state index >= 15 is 0 Å². The SMILES string of the molecule is Cc1cccnc1Oc1cc(F)cc(Br)c1. The number of benzene rings is 1. The zero-order valence-corrected chi connectivity index (χ0v) is 10.2. The van der Waals surface area contributed by atoms with Gasteiger partial charge in [-0.1, -0.05) is 22.0 Å². The van der Waals surface area contributed by atoms with Crippen LogP contribution in [-0.4, -0.2) is 4.98 Å². The first-order valence-corrected chi connectivity index (χ1v) is 5.50. The highest BCUT2D eigenvalue weighted by Gasteiger charge is 2.04. The lowest BCUT2D eigenvalue weighted by atomic mass is 10.3. The Morgan fingerprint density at radius 1 is 1.31 bits per heavy atom. The number of aromatic nitrogens is 1. The van der Waals surface area contributed by atoms with Gasteiger partial charge in [-0.2, -0.15) is 0 Å². The monoisotopic (exact) mass is 281 g/mol. The smallest absolute Gasteiger partial charge is 0.222 e. The molecular formula is C12H9BrFNO. The first kappa shape index (κ1) is 11.1. The van der Waals surface area contributed by atoms with Crippen LogP contribution >= 0.6 is 15.9 Å². The van der Waals surface area contributed by atoms with Gasteiger partial charge in [0.2, 0.25) is 5.88 Å². The maximum atomic E-state index is 13.1. The molecule has 0 aliphatic carbocycles. The standard InChI is InChI=1S/C12H9BrFNO/c1-8-3-2-4-15-12(8)16-11-6-9(13)5-10(14)7-11/h2-7H,1H3. The Bertz CT molecular complexity index is 496. The average Bonchev–Trinajstić information content (AvgIpc) is 2.20. The summed E-state index contributed by atoms with van der Waals surface area (Å²) in [5.74, 6) is 0.562. The van der Waals surface area contributed by atoms with Gasteiger partial charge >= 0.3 is 0 Å². The van der Waals surface area contributed by atoms with Gasteiger partial charge in [0, 0.05) is 22.3 Å². The Morgan fingerprint density at radius 2 is 2.12 bits per heavy atom. The third-order valence-electron chi connectivity index (χ3n) is 2.01. The summed E-state index contributed by atoms with van der Waals surface area (Å²) in [6.45, 7) is 1.89. The van der Waals surface area contributed by atoms with Crippen LogP contribution in [0.25, 0.3) is 0 Å². The molecule has 0 atom stereocenters. The molecule has 2 nitrogen and oxygen atoms in total. The molecule has 1 heterocycles. The summed E-state index contributed by atoms with van der Waals surface area (Å²) >= 11 is 3.20. The Balaban J connectivity index is 2.30. The Kier molecular flexibility index (Phi) is 3.19. The van der Waals surface area contributed by atoms with E-state index in [0.29, 0.717) is 16.1 Å². The highest BCUT2D eigenvalue weighted by atomic mass is 79.9. The highest BCUT2D eigenvalue weighted by molar-refractivity contribution is 9.10. The van der Waals surface area contributed by atoms with E-state index in [1.54, 1.807) is 12.3 Å². The van der Waals surface area contributed by atoms with Gasteiger partial charge in [-0.25, -0.2) is 9.37 Å². The molecule has 2 aromatic rings. The lowest BCUT2D eigenvalue weighted by Gasteiger charge is -2.07. The van der Waals surface area contributed by atoms with Crippen molar-refractivity contribution in [2.75, 3.05) is 0 Å². The van der Waals surface area contributed by atoms with Crippen molar-refractivity contribution in [3.8, 4) is 11.6 Å². The van der Waals surface area contributed by atoms with E-state index in [-0.39, 0.29) is 5.82 Å². The second-order valence-corrected chi connectivity index (χ2v) is 4.25. The van der Waals surface area contributed by atoms with Crippen molar-refractivity contribution in [3.63, 3.8) is 0 Å². The predicted octanol–water partition coefficient (Wildman–Crippen LogP) is 4.08. The fourth-order valence-corrected chi connectivity index (χ4v) is 1.72. The molecule has 1 aromatic heterocycles. The van der Waals surface area contributed by atoms with Gasteiger partial charge < -0.3 is 4.74 Å². The van der Waals surface area contributed by atoms with Crippen LogP contribution in [0.2, 0.25) is 0 Å². The van der Waals surface area contributed by atoms with E-state index in [4.69, 9.17) is 4.74 Å². The summed E-state index contributed by atoms with van der Waals surface area (Å²) in [5, 5.41) is 0. The quantitative estimate of drug-likeness (QED) is 0.827. The molecule has 16 heavy (non-hydrogen) atoms. The zero-order chi connectivity index (χ0) is 11.5. The second kappa shape index (κ2) is 4.61. The molecule has 0 N–H and O–H groups in total. The molecule has 82 valence electrons. The number of pyridine rings is 1. The van der Waals surface area contributed by atoms with Crippen molar-refractivity contribution >= 4 is 15.9 Å². The minimum Gasteiger partial charge on any atom is -0.439 e. The van der Waals surface area contributed by atoms with Crippen LogP contribution in [0.5, 0.6) is 11.6 Å². The van der Waals surface area contributed by atoms with Crippen molar-refractivity contribution in [1.29, 1.82) is 0 Å². The van der Waals surface area contributed by atoms with Gasteiger partial charge in [-0.05, 0) is 25.1 Å². The largest absolute Gasteiger partial charge is 0.439 e. The van der Waals surface area contributed by atoms with E-state index in [1.165, 1.54) is 12.1 Å². The molecule has 0 aliphatic heterocycles. The number of halogens is 2. The van der Waals surface area contributed by atoms with Crippen LogP contribution in [-0.2, 0) is 0 Å². The van der Waals surface area contributed by atoms with Crippen molar-refractivity contribution in [2.45, 2.75) is 6.92 Å². The molecule has 0 saturated carbocycles. The van der Waals surface area contributed by atoms with Crippen molar-refractivity contribution in [1.82, 2.24) is 4.98 Å². The van der Waals surface area contributed by atoms with Crippen LogP contribution in [0.1, 0.15) is 5.56 Å². The van der Waals surface area contributed by atoms with Gasteiger partial charge in [0.1, 0.15) is 11.6 Å². The number of ether oxygens (including phenoxy) is 1. The third-order valence-corrected chi connectivity index (χ3v) is 2.47. The van der Waals surface area contributed by atoms with Crippen LogP contribution in [0.4, 0.5) is 4.39 Å². The lowest BCUT2D eigenvalue weighted by molar-refractivity contribution is 0.454. The number of rotatable bonds is 2. The first-order valence-electron chi connectivity index (χ1n) is 4.71. The minimum atomic E-state index is -0.349. The Labute approximate surface area is 101 Å². The Hall–Kier alpha value is -1.42. The van der Waals surface area contributed by atoms with Crippen LogP contribution in [0.3, 0.4) is 0 Å². The molecule has 0 spiro atoms. The number of hydrogen-bond donors (Lipinski definition) is 0. The Morgan fingerprint density at radius 3 is 2.81 bits per heavy atom. The minimum absolute atomic E-state index is 0.349. The molecule has 2 rings (SSSR count). The number of hydrogen-bond acceptors (Lipinski definition) is 2. The van der Waals surface area contributed by atoms with Crippen LogP contribution in [0.15, 0.2) is 41.0 Å². The average molecular weight is 282 g/mol. The topological polar surface area (TPSA) is 22.1 Å². The van der Waals surface area contributed by atoms with E-state index < -0.39 is 0 Å². The summed E-state index contributed by atoms with van der Waals surface area (Å²) in [6, 6.07) is 8.09. The van der Waals surface area contributed by atoms with Crippen LogP contribution < -0.4 is 4.74 Å². The fourth-order valence-electron chi connectivity index (χ4n) is 1.28. The second-order valence-electron chi connectivity index (χ2n) is 3.33. The molecule has 0 fully saturated rings. The van der Waals surface area contributed by atoms with Gasteiger partial charge in [0.05, 0.1) is 0 Å². The van der Waals surface area contributed by atoms with E-state index in [0.717, 1.165) is 5.56 Å². The summed E-state index contributed by atoms with van der Waals surface area (Å²) in [6.07, 6.45) is 1.64. The number of nitrogens with zero attached hydrogens (tertiary/aromatic N) is 1. The molecule has 0 bridgehead atoms. The maximum absolute atomic E-state index is 13.1. The molecule has 4 heteroatoms. The van der Waals surface area contributed by atoms with Crippen molar-refractivity contribution in [2.24, 2.45) is 0 Å². The zero-order valence-electron chi connectivity index (χ0n) is 8.58. The molecule has 0 aliphatic rings. The van der Waals surface area contributed by atoms with Crippen LogP contribution in [0, 0.1) is 12.7 Å². The lowest BCUT2D eigenvalue weighted by Crippen LogP contribution is -1.91. The fraction of sp³-hybridized carbons (Fsp3) is 0.0833. The van der Waals surface area contributed by atoms with Crippen molar-refractivity contribution in [3.05, 3.63) is 52.4 Å². The highest BCUT2D eigenvalue weighted by Crippen LogP contribution is 2.26. The van der Waals surface area contributed by atoms with Gasteiger partial charge in [0.15, 0.2) is 0 Å². The molecule has 0 saturated heterocycles. The summed E-state index contributed by atoms with van der Waals surface area (Å²) in [4.78, 5) is 4.07. The van der Waals surface area contributed by atoms with E-state index in [1.807, 2.05) is 19.1 Å². The number of aryl methyl sites for hydroxylation is 1. The molecular weight excluding hydrogens is 273 g/mol. The van der Waals surface area contributed by atoms with E-state index in [2.05, 4.69) is 20.9 Å². The molecule has 0 amide bonds. The van der Waals surface area contributed by atoms with Crippen molar-refractivity contribution < 1.29 is 9.13 Å². The molecule has 0 radical (unpaired) electrons. The maximum Gasteiger partial charge on any atom is 0.222 e. The normalized spacial score (nSPS) is 10.2. The predicted molar refractivity (Wildman–Crippen MR) is 63.1 cm³/mol. The summed E-state index contributed by atoms with van der Waals surface area (Å²) in [7, 11) is 0. The van der Waals surface area contributed by atoms with Gasteiger partial charge in [0.25, 0.3) is 0 Å².